The van der Waals surface area contributed by atoms with Gasteiger partial charge in [-0.15, -0.1) is 0 Å². The van der Waals surface area contributed by atoms with Crippen molar-refractivity contribution >= 4 is 5.96 Å². The zero-order valence-corrected chi connectivity index (χ0v) is 16.3. The maximum absolute atomic E-state index is 5.66. The van der Waals surface area contributed by atoms with Gasteiger partial charge >= 0.3 is 0 Å². The molecule has 146 valence electrons. The van der Waals surface area contributed by atoms with Gasteiger partial charge in [-0.25, -0.2) is 4.98 Å². The second kappa shape index (κ2) is 10.2. The third kappa shape index (κ3) is 5.87. The summed E-state index contributed by atoms with van der Waals surface area (Å²) in [6.07, 6.45) is 2.46. The van der Waals surface area contributed by atoms with Crippen LogP contribution in [0.2, 0.25) is 0 Å². The van der Waals surface area contributed by atoms with E-state index in [1.807, 2.05) is 42.5 Å². The van der Waals surface area contributed by atoms with Gasteiger partial charge in [-0.1, -0.05) is 35.9 Å². The third-order valence-electron chi connectivity index (χ3n) is 4.15. The molecule has 2 N–H and O–H groups in total. The highest BCUT2D eigenvalue weighted by Gasteiger charge is 2.07. The molecule has 6 heteroatoms. The fourth-order valence-corrected chi connectivity index (χ4v) is 2.64. The van der Waals surface area contributed by atoms with Crippen molar-refractivity contribution in [1.82, 2.24) is 15.6 Å². The van der Waals surface area contributed by atoms with Crippen molar-refractivity contribution < 1.29 is 9.15 Å². The van der Waals surface area contributed by atoms with Gasteiger partial charge in [-0.05, 0) is 31.2 Å². The predicted molar refractivity (Wildman–Crippen MR) is 112 cm³/mol. The van der Waals surface area contributed by atoms with Crippen molar-refractivity contribution in [2.24, 2.45) is 4.99 Å². The predicted octanol–water partition coefficient (Wildman–Crippen LogP) is 3.44. The van der Waals surface area contributed by atoms with E-state index in [-0.39, 0.29) is 0 Å². The number of ether oxygens (including phenoxy) is 1. The summed E-state index contributed by atoms with van der Waals surface area (Å²) in [4.78, 5) is 8.77. The summed E-state index contributed by atoms with van der Waals surface area (Å²) in [7, 11) is 1.75. The van der Waals surface area contributed by atoms with Crippen LogP contribution in [-0.2, 0) is 6.42 Å². The van der Waals surface area contributed by atoms with Crippen molar-refractivity contribution in [3.63, 3.8) is 0 Å². The number of rotatable bonds is 8. The number of aliphatic imine (C=N–C) groups is 1. The molecule has 0 amide bonds. The molecule has 28 heavy (non-hydrogen) atoms. The van der Waals surface area contributed by atoms with E-state index < -0.39 is 0 Å². The number of oxazole rings is 1. The summed E-state index contributed by atoms with van der Waals surface area (Å²) in [5.41, 5.74) is 3.11. The lowest BCUT2D eigenvalue weighted by Gasteiger charge is -2.12. The normalized spacial score (nSPS) is 11.3. The Labute approximate surface area is 165 Å². The van der Waals surface area contributed by atoms with Crippen molar-refractivity contribution in [3.8, 4) is 17.2 Å². The van der Waals surface area contributed by atoms with Gasteiger partial charge in [0.1, 0.15) is 18.6 Å². The molecule has 0 fully saturated rings. The summed E-state index contributed by atoms with van der Waals surface area (Å²) >= 11 is 0. The van der Waals surface area contributed by atoms with Crippen LogP contribution >= 0.6 is 0 Å². The first-order valence-corrected chi connectivity index (χ1v) is 9.38. The van der Waals surface area contributed by atoms with Crippen LogP contribution in [-0.4, -0.2) is 37.7 Å². The van der Waals surface area contributed by atoms with E-state index >= 15 is 0 Å². The Morgan fingerprint density at radius 2 is 1.79 bits per heavy atom. The number of aromatic nitrogens is 1. The second-order valence-electron chi connectivity index (χ2n) is 6.35. The second-order valence-corrected chi connectivity index (χ2v) is 6.35. The van der Waals surface area contributed by atoms with Crippen molar-refractivity contribution in [1.29, 1.82) is 0 Å². The first-order chi connectivity index (χ1) is 13.7. The molecule has 0 aliphatic heterocycles. The van der Waals surface area contributed by atoms with Crippen LogP contribution in [0.5, 0.6) is 5.75 Å². The zero-order valence-electron chi connectivity index (χ0n) is 16.3. The number of nitrogens with one attached hydrogen (secondary N) is 2. The molecule has 3 aromatic rings. The molecular formula is C22H26N4O2. The van der Waals surface area contributed by atoms with Crippen LogP contribution in [0.1, 0.15) is 11.3 Å². The minimum absolute atomic E-state index is 0.563. The van der Waals surface area contributed by atoms with Gasteiger partial charge in [0.25, 0.3) is 0 Å². The van der Waals surface area contributed by atoms with E-state index in [1.165, 1.54) is 5.56 Å². The van der Waals surface area contributed by atoms with E-state index in [1.54, 1.807) is 13.3 Å². The van der Waals surface area contributed by atoms with E-state index in [0.717, 1.165) is 29.4 Å². The number of para-hydroxylation sites is 1. The Bertz CT molecular complexity index is 873. The lowest BCUT2D eigenvalue weighted by Crippen LogP contribution is -2.40. The average Bonchev–Trinajstić information content (AvgIpc) is 3.20. The van der Waals surface area contributed by atoms with E-state index in [0.29, 0.717) is 25.6 Å². The van der Waals surface area contributed by atoms with Crippen molar-refractivity contribution in [2.75, 3.05) is 26.7 Å². The Hall–Kier alpha value is -3.28. The Morgan fingerprint density at radius 1 is 1.04 bits per heavy atom. The molecule has 0 unspecified atom stereocenters. The molecule has 0 atom stereocenters. The molecule has 2 aromatic carbocycles. The van der Waals surface area contributed by atoms with Gasteiger partial charge in [0, 0.05) is 25.6 Å². The molecule has 6 nitrogen and oxygen atoms in total. The molecule has 0 spiro atoms. The molecular weight excluding hydrogens is 352 g/mol. The number of nitrogens with zero attached hydrogens (tertiary/aromatic N) is 2. The van der Waals surface area contributed by atoms with Gasteiger partial charge in [-0.2, -0.15) is 0 Å². The van der Waals surface area contributed by atoms with Crippen LogP contribution in [0, 0.1) is 6.92 Å². The van der Waals surface area contributed by atoms with Crippen LogP contribution < -0.4 is 15.4 Å². The Balaban J connectivity index is 1.38. The van der Waals surface area contributed by atoms with Gasteiger partial charge in [0.15, 0.2) is 5.96 Å². The molecule has 0 bridgehead atoms. The Kier molecular flexibility index (Phi) is 7.07. The van der Waals surface area contributed by atoms with Crippen LogP contribution in [0.3, 0.4) is 0 Å². The van der Waals surface area contributed by atoms with Crippen LogP contribution in [0.25, 0.3) is 11.5 Å². The van der Waals surface area contributed by atoms with Crippen LogP contribution in [0.4, 0.5) is 0 Å². The number of guanidine groups is 1. The first-order valence-electron chi connectivity index (χ1n) is 9.38. The highest BCUT2D eigenvalue weighted by atomic mass is 16.5. The lowest BCUT2D eigenvalue weighted by molar-refractivity contribution is 0.322. The summed E-state index contributed by atoms with van der Waals surface area (Å²) in [5, 5.41) is 6.51. The molecule has 0 saturated carbocycles. The average molecular weight is 378 g/mol. The first kappa shape index (κ1) is 19.5. The van der Waals surface area contributed by atoms with Gasteiger partial charge in [-0.3, -0.25) is 4.99 Å². The minimum Gasteiger partial charge on any atom is -0.492 e. The molecule has 0 radical (unpaired) electrons. The summed E-state index contributed by atoms with van der Waals surface area (Å²) in [6, 6.07) is 17.9. The van der Waals surface area contributed by atoms with Crippen LogP contribution in [0.15, 0.2) is 70.3 Å². The maximum atomic E-state index is 5.66. The zero-order chi connectivity index (χ0) is 19.6. The quantitative estimate of drug-likeness (QED) is 0.357. The minimum atomic E-state index is 0.563. The summed E-state index contributed by atoms with van der Waals surface area (Å²) < 4.78 is 11.3. The SMILES string of the molecule is CN=C(NCCOc1ccccc1)NCCc1coc(-c2ccc(C)cc2)n1. The number of hydrogen-bond donors (Lipinski definition) is 2. The summed E-state index contributed by atoms with van der Waals surface area (Å²) in [5.74, 6) is 2.25. The highest BCUT2D eigenvalue weighted by molar-refractivity contribution is 5.79. The number of aryl methyl sites for hydroxylation is 1. The van der Waals surface area contributed by atoms with Gasteiger partial charge in [0.05, 0.1) is 12.2 Å². The maximum Gasteiger partial charge on any atom is 0.226 e. The molecule has 1 heterocycles. The molecule has 3 rings (SSSR count). The highest BCUT2D eigenvalue weighted by Crippen LogP contribution is 2.19. The van der Waals surface area contributed by atoms with Gasteiger partial charge < -0.3 is 19.8 Å². The summed E-state index contributed by atoms with van der Waals surface area (Å²) in [6.45, 7) is 3.99. The standard InChI is InChI=1S/C22H26N4O2/c1-17-8-10-18(11-9-17)21-26-19(16-28-21)12-13-24-22(23-2)25-14-15-27-20-6-4-3-5-7-20/h3-11,16H,12-15H2,1-2H3,(H2,23,24,25). The third-order valence-corrected chi connectivity index (χ3v) is 4.15. The molecule has 0 aliphatic rings. The monoisotopic (exact) mass is 378 g/mol. The van der Waals surface area contributed by atoms with Crippen molar-refractivity contribution in [3.05, 3.63) is 72.1 Å². The Morgan fingerprint density at radius 3 is 2.54 bits per heavy atom. The smallest absolute Gasteiger partial charge is 0.226 e. The van der Waals surface area contributed by atoms with E-state index in [9.17, 15) is 0 Å². The largest absolute Gasteiger partial charge is 0.492 e. The topological polar surface area (TPSA) is 71.7 Å². The molecule has 1 aromatic heterocycles. The fourth-order valence-electron chi connectivity index (χ4n) is 2.64. The molecule has 0 saturated heterocycles. The number of hydrogen-bond acceptors (Lipinski definition) is 4. The fraction of sp³-hybridized carbons (Fsp3) is 0.273. The lowest BCUT2D eigenvalue weighted by atomic mass is 10.1. The van der Waals surface area contributed by atoms with Crippen molar-refractivity contribution in [2.45, 2.75) is 13.3 Å². The van der Waals surface area contributed by atoms with Gasteiger partial charge in [0.2, 0.25) is 5.89 Å². The number of benzene rings is 2. The van der Waals surface area contributed by atoms with E-state index in [2.05, 4.69) is 39.7 Å². The van der Waals surface area contributed by atoms with E-state index in [4.69, 9.17) is 9.15 Å². The molecule has 0 aliphatic carbocycles.